The van der Waals surface area contributed by atoms with Gasteiger partial charge in [0, 0.05) is 36.0 Å². The minimum atomic E-state index is -1.23. The van der Waals surface area contributed by atoms with E-state index in [9.17, 15) is 24.8 Å². The van der Waals surface area contributed by atoms with E-state index in [-0.39, 0.29) is 16.9 Å². The molecule has 1 amide bonds. The van der Waals surface area contributed by atoms with E-state index in [1.165, 1.54) is 24.1 Å². The summed E-state index contributed by atoms with van der Waals surface area (Å²) in [4.78, 5) is 39.8. The molecule has 0 spiro atoms. The van der Waals surface area contributed by atoms with E-state index in [2.05, 4.69) is 21.4 Å². The van der Waals surface area contributed by atoms with Crippen LogP contribution in [0.1, 0.15) is 38.8 Å². The second kappa shape index (κ2) is 11.0. The molecule has 0 aliphatic carbocycles. The molecule has 0 radical (unpaired) electrons. The lowest BCUT2D eigenvalue weighted by atomic mass is 9.92. The number of nitrogens with zero attached hydrogens (tertiary/aromatic N) is 5. The number of carbonyl (C=O) groups is 2. The molecule has 10 nitrogen and oxygen atoms in total. The summed E-state index contributed by atoms with van der Waals surface area (Å²) in [6.07, 6.45) is 2.22. The molecular formula is C34H26N6O4. The molecule has 2 N–H and O–H groups in total. The van der Waals surface area contributed by atoms with Crippen molar-refractivity contribution in [3.63, 3.8) is 0 Å². The number of rotatable bonds is 6. The van der Waals surface area contributed by atoms with Crippen molar-refractivity contribution in [2.45, 2.75) is 13.3 Å². The van der Waals surface area contributed by atoms with Crippen molar-refractivity contribution in [3.8, 4) is 28.5 Å². The molecule has 0 unspecified atom stereocenters. The molecule has 0 saturated heterocycles. The summed E-state index contributed by atoms with van der Waals surface area (Å²) in [6.45, 7) is 1.93. The number of nitriles is 1. The quantitative estimate of drug-likeness (QED) is 0.262. The van der Waals surface area contributed by atoms with Crippen LogP contribution in [-0.4, -0.2) is 44.0 Å². The predicted molar refractivity (Wildman–Crippen MR) is 168 cm³/mol. The number of aromatic carboxylic acids is 1. The lowest BCUT2D eigenvalue weighted by Crippen LogP contribution is -2.30. The maximum Gasteiger partial charge on any atom is 0.336 e. The van der Waals surface area contributed by atoms with Crippen molar-refractivity contribution in [2.75, 3.05) is 11.9 Å². The normalized spacial score (nSPS) is 11.0. The van der Waals surface area contributed by atoms with Crippen LogP contribution in [0.25, 0.3) is 43.9 Å². The molecule has 0 saturated carbocycles. The minimum absolute atomic E-state index is 0.00889. The number of carboxylic acid groups (broad SMARTS) is 1. The summed E-state index contributed by atoms with van der Waals surface area (Å²) in [5.41, 5.74) is 3.55. The predicted octanol–water partition coefficient (Wildman–Crippen LogP) is 5.55. The molecule has 44 heavy (non-hydrogen) atoms. The third-order valence-electron chi connectivity index (χ3n) is 7.89. The van der Waals surface area contributed by atoms with E-state index >= 15 is 0 Å². The summed E-state index contributed by atoms with van der Waals surface area (Å²) in [6, 6.07) is 23.6. The van der Waals surface area contributed by atoms with Gasteiger partial charge in [0.1, 0.15) is 6.07 Å². The Bertz CT molecular complexity index is 2240. The Morgan fingerprint density at radius 1 is 1.00 bits per heavy atom. The van der Waals surface area contributed by atoms with Gasteiger partial charge in [0.2, 0.25) is 0 Å². The second-order valence-corrected chi connectivity index (χ2v) is 10.4. The molecule has 10 heteroatoms. The SMILES string of the molecule is CCc1cc(-c2cnn(C)c2-c2ccc3ccccc3c2C#N)cc2c(N(C)C(=O)c3ccccc3C(=O)O)n[nH]c(=O)c12. The van der Waals surface area contributed by atoms with Gasteiger partial charge in [0.25, 0.3) is 11.5 Å². The molecule has 2 heterocycles. The van der Waals surface area contributed by atoms with E-state index < -0.39 is 17.4 Å². The lowest BCUT2D eigenvalue weighted by Gasteiger charge is -2.20. The van der Waals surface area contributed by atoms with Crippen LogP contribution in [0, 0.1) is 11.3 Å². The van der Waals surface area contributed by atoms with Crippen molar-refractivity contribution < 1.29 is 14.7 Å². The van der Waals surface area contributed by atoms with Gasteiger partial charge in [-0.25, -0.2) is 9.89 Å². The number of carboxylic acids is 1. The molecule has 6 rings (SSSR count). The van der Waals surface area contributed by atoms with Crippen molar-refractivity contribution >= 4 is 39.2 Å². The summed E-state index contributed by atoms with van der Waals surface area (Å²) in [5, 5.41) is 33.7. The molecule has 0 aliphatic rings. The van der Waals surface area contributed by atoms with Gasteiger partial charge in [-0.05, 0) is 41.1 Å². The Kier molecular flexibility index (Phi) is 6.99. The molecule has 0 atom stereocenters. The molecule has 2 aromatic heterocycles. The first-order valence-electron chi connectivity index (χ1n) is 13.8. The van der Waals surface area contributed by atoms with Gasteiger partial charge >= 0.3 is 5.97 Å². The summed E-state index contributed by atoms with van der Waals surface area (Å²) < 4.78 is 1.71. The Labute approximate surface area is 251 Å². The molecular weight excluding hydrogens is 556 g/mol. The number of carbonyl (C=O) groups excluding carboxylic acids is 1. The van der Waals surface area contributed by atoms with E-state index in [1.807, 2.05) is 49.4 Å². The number of anilines is 1. The smallest absolute Gasteiger partial charge is 0.336 e. The number of amides is 1. The number of hydrogen-bond donors (Lipinski definition) is 2. The minimum Gasteiger partial charge on any atom is -0.478 e. The van der Waals surface area contributed by atoms with Crippen molar-refractivity contribution in [1.82, 2.24) is 20.0 Å². The van der Waals surface area contributed by atoms with Gasteiger partial charge in [-0.2, -0.15) is 15.5 Å². The largest absolute Gasteiger partial charge is 0.478 e. The van der Waals surface area contributed by atoms with Gasteiger partial charge in [0.15, 0.2) is 5.82 Å². The third kappa shape index (κ3) is 4.48. The molecule has 0 aliphatic heterocycles. The van der Waals surface area contributed by atoms with Gasteiger partial charge in [-0.3, -0.25) is 19.2 Å². The van der Waals surface area contributed by atoms with Crippen LogP contribution in [0.3, 0.4) is 0 Å². The molecule has 0 bridgehead atoms. The number of aromatic nitrogens is 4. The van der Waals surface area contributed by atoms with Crippen molar-refractivity contribution in [2.24, 2.45) is 7.05 Å². The van der Waals surface area contributed by atoms with Crippen LogP contribution >= 0.6 is 0 Å². The monoisotopic (exact) mass is 582 g/mol. The summed E-state index contributed by atoms with van der Waals surface area (Å²) in [7, 11) is 3.30. The van der Waals surface area contributed by atoms with Crippen LogP contribution in [0.2, 0.25) is 0 Å². The third-order valence-corrected chi connectivity index (χ3v) is 7.89. The summed E-state index contributed by atoms with van der Waals surface area (Å²) >= 11 is 0. The lowest BCUT2D eigenvalue weighted by molar-refractivity contribution is 0.0692. The van der Waals surface area contributed by atoms with E-state index in [1.54, 1.807) is 36.1 Å². The molecule has 4 aromatic carbocycles. The zero-order chi connectivity index (χ0) is 31.1. The Morgan fingerprint density at radius 3 is 2.45 bits per heavy atom. The van der Waals surface area contributed by atoms with Crippen LogP contribution in [0.5, 0.6) is 0 Å². The fourth-order valence-electron chi connectivity index (χ4n) is 5.75. The van der Waals surface area contributed by atoms with Gasteiger partial charge in [0.05, 0.1) is 34.0 Å². The van der Waals surface area contributed by atoms with E-state index in [0.717, 1.165) is 27.5 Å². The first-order valence-corrected chi connectivity index (χ1v) is 13.8. The highest BCUT2D eigenvalue weighted by molar-refractivity contribution is 6.14. The van der Waals surface area contributed by atoms with Crippen LogP contribution in [0.15, 0.2) is 83.8 Å². The average Bonchev–Trinajstić information content (AvgIpc) is 3.43. The first kappa shape index (κ1) is 28.1. The van der Waals surface area contributed by atoms with Gasteiger partial charge in [-0.1, -0.05) is 61.5 Å². The standard InChI is InChI=1S/C34H26N6O4/c1-4-19-15-21(28-18-36-40(3)30(28)23-14-13-20-9-5-6-10-22(20)27(23)17-35)16-26-29(19)32(41)38-37-31(26)39(2)33(42)24-11-7-8-12-25(24)34(43)44/h5-16,18H,4H2,1-3H3,(H,38,41)(H,43,44). The molecule has 0 fully saturated rings. The fraction of sp³-hybridized carbons (Fsp3) is 0.118. The number of aromatic amines is 1. The van der Waals surface area contributed by atoms with Gasteiger partial charge in [-0.15, -0.1) is 0 Å². The first-order chi connectivity index (χ1) is 21.2. The number of H-pyrrole nitrogens is 1. The highest BCUT2D eigenvalue weighted by Crippen LogP contribution is 2.39. The topological polar surface area (TPSA) is 145 Å². The zero-order valence-electron chi connectivity index (χ0n) is 24.1. The van der Waals surface area contributed by atoms with Crippen LogP contribution in [-0.2, 0) is 13.5 Å². The van der Waals surface area contributed by atoms with E-state index in [0.29, 0.717) is 34.0 Å². The number of nitrogens with one attached hydrogen (secondary N) is 1. The molecule has 216 valence electrons. The number of hydrogen-bond acceptors (Lipinski definition) is 6. The highest BCUT2D eigenvalue weighted by Gasteiger charge is 2.25. The number of benzene rings is 4. The number of fused-ring (bicyclic) bond motifs is 2. The van der Waals surface area contributed by atoms with Crippen molar-refractivity contribution in [3.05, 3.63) is 112 Å². The maximum absolute atomic E-state index is 13.6. The molecule has 6 aromatic rings. The Morgan fingerprint density at radius 2 is 1.73 bits per heavy atom. The second-order valence-electron chi connectivity index (χ2n) is 10.4. The van der Waals surface area contributed by atoms with Crippen LogP contribution in [0.4, 0.5) is 5.82 Å². The summed E-state index contributed by atoms with van der Waals surface area (Å²) in [5.74, 6) is -1.66. The average molecular weight is 583 g/mol. The van der Waals surface area contributed by atoms with E-state index in [4.69, 9.17) is 0 Å². The zero-order valence-corrected chi connectivity index (χ0v) is 24.1. The Hall–Kier alpha value is -6.08. The fourth-order valence-corrected chi connectivity index (χ4v) is 5.75. The van der Waals surface area contributed by atoms with Crippen LogP contribution < -0.4 is 10.5 Å². The highest BCUT2D eigenvalue weighted by atomic mass is 16.4. The maximum atomic E-state index is 13.6. The number of aryl methyl sites for hydroxylation is 2. The van der Waals surface area contributed by atoms with Gasteiger partial charge < -0.3 is 5.11 Å². The van der Waals surface area contributed by atoms with Crippen molar-refractivity contribution in [1.29, 1.82) is 5.26 Å². The Balaban J connectivity index is 1.58.